The molecule has 0 fully saturated rings. The molecule has 6 heteroatoms. The van der Waals surface area contributed by atoms with E-state index < -0.39 is 11.7 Å². The van der Waals surface area contributed by atoms with Crippen molar-refractivity contribution in [2.75, 3.05) is 26.0 Å². The average molecular weight is 260 g/mol. The number of carbonyl (C=O) groups is 1. The standard InChI is InChI=1S/C11H20N2O3S/c1-11(2,3)16-10(15)13-6-8(7-14)5-12-9(13)17-4/h8,14H,5-7H2,1-4H3. The molecular formula is C11H20N2O3S. The zero-order valence-electron chi connectivity index (χ0n) is 10.8. The van der Waals surface area contributed by atoms with Crippen LogP contribution in [0.2, 0.25) is 0 Å². The largest absolute Gasteiger partial charge is 0.443 e. The molecule has 0 aromatic carbocycles. The van der Waals surface area contributed by atoms with Crippen LogP contribution in [0, 0.1) is 5.92 Å². The normalized spacial score (nSPS) is 21.1. The van der Waals surface area contributed by atoms with Gasteiger partial charge in [0.15, 0.2) is 5.17 Å². The summed E-state index contributed by atoms with van der Waals surface area (Å²) in [5, 5.41) is 9.78. The summed E-state index contributed by atoms with van der Waals surface area (Å²) in [6, 6.07) is 0. The molecule has 0 radical (unpaired) electrons. The smallest absolute Gasteiger partial charge is 0.416 e. The minimum atomic E-state index is -0.521. The molecule has 1 amide bonds. The van der Waals surface area contributed by atoms with Crippen LogP contribution in [0.3, 0.4) is 0 Å². The molecule has 17 heavy (non-hydrogen) atoms. The number of thioether (sulfide) groups is 1. The zero-order valence-corrected chi connectivity index (χ0v) is 11.6. The molecule has 1 N–H and O–H groups in total. The molecule has 0 aromatic heterocycles. The number of aliphatic hydroxyl groups excluding tert-OH is 1. The predicted molar refractivity (Wildman–Crippen MR) is 69.3 cm³/mol. The van der Waals surface area contributed by atoms with Crippen LogP contribution in [0.5, 0.6) is 0 Å². The highest BCUT2D eigenvalue weighted by atomic mass is 32.2. The Morgan fingerprint density at radius 2 is 2.29 bits per heavy atom. The molecule has 0 bridgehead atoms. The molecule has 1 atom stereocenters. The van der Waals surface area contributed by atoms with Gasteiger partial charge < -0.3 is 9.84 Å². The van der Waals surface area contributed by atoms with E-state index in [0.29, 0.717) is 18.3 Å². The minimum Gasteiger partial charge on any atom is -0.443 e. The topological polar surface area (TPSA) is 62.1 Å². The molecule has 1 rings (SSSR count). The van der Waals surface area contributed by atoms with E-state index in [-0.39, 0.29) is 12.5 Å². The van der Waals surface area contributed by atoms with Gasteiger partial charge in [0.25, 0.3) is 0 Å². The lowest BCUT2D eigenvalue weighted by Crippen LogP contribution is -2.46. The maximum Gasteiger partial charge on any atom is 0.416 e. The highest BCUT2D eigenvalue weighted by Gasteiger charge is 2.30. The lowest BCUT2D eigenvalue weighted by molar-refractivity contribution is 0.0332. The van der Waals surface area contributed by atoms with Crippen LogP contribution in [-0.4, -0.2) is 52.8 Å². The molecule has 1 aliphatic rings. The first-order valence-electron chi connectivity index (χ1n) is 5.57. The Kier molecular flexibility index (Phi) is 4.82. The molecule has 0 aliphatic carbocycles. The fourth-order valence-corrected chi connectivity index (χ4v) is 2.02. The Balaban J connectivity index is 2.75. The molecule has 1 aliphatic heterocycles. The monoisotopic (exact) mass is 260 g/mol. The van der Waals surface area contributed by atoms with E-state index in [9.17, 15) is 4.79 Å². The highest BCUT2D eigenvalue weighted by Crippen LogP contribution is 2.19. The Hall–Kier alpha value is -0.750. The van der Waals surface area contributed by atoms with Gasteiger partial charge in [-0.2, -0.15) is 0 Å². The molecule has 0 aromatic rings. The fourth-order valence-electron chi connectivity index (χ4n) is 1.45. The highest BCUT2D eigenvalue weighted by molar-refractivity contribution is 8.13. The number of aliphatic hydroxyl groups is 1. The summed E-state index contributed by atoms with van der Waals surface area (Å²) < 4.78 is 5.31. The molecule has 0 spiro atoms. The van der Waals surface area contributed by atoms with Crippen LogP contribution in [0.25, 0.3) is 0 Å². The van der Waals surface area contributed by atoms with Gasteiger partial charge in [0.2, 0.25) is 0 Å². The third-order valence-corrected chi connectivity index (χ3v) is 2.93. The SMILES string of the molecule is CSC1=NCC(CO)CN1C(=O)OC(C)(C)C. The first-order chi connectivity index (χ1) is 7.87. The summed E-state index contributed by atoms with van der Waals surface area (Å²) in [5.74, 6) is -0.00146. The van der Waals surface area contributed by atoms with Crippen molar-refractivity contribution in [2.24, 2.45) is 10.9 Å². The van der Waals surface area contributed by atoms with Gasteiger partial charge in [-0.1, -0.05) is 11.8 Å². The maximum atomic E-state index is 12.0. The van der Waals surface area contributed by atoms with Crippen molar-refractivity contribution in [1.82, 2.24) is 4.90 Å². The lowest BCUT2D eigenvalue weighted by atomic mass is 10.1. The summed E-state index contributed by atoms with van der Waals surface area (Å²) in [7, 11) is 0. The van der Waals surface area contributed by atoms with Crippen molar-refractivity contribution in [3.05, 3.63) is 0 Å². The number of nitrogens with zero attached hydrogens (tertiary/aromatic N) is 2. The number of carbonyl (C=O) groups excluding carboxylic acids is 1. The van der Waals surface area contributed by atoms with E-state index >= 15 is 0 Å². The molecule has 1 heterocycles. The van der Waals surface area contributed by atoms with Gasteiger partial charge in [-0.05, 0) is 27.0 Å². The van der Waals surface area contributed by atoms with Gasteiger partial charge >= 0.3 is 6.09 Å². The van der Waals surface area contributed by atoms with E-state index in [1.54, 1.807) is 0 Å². The number of aliphatic imine (C=N–C) groups is 1. The number of ether oxygens (including phenoxy) is 1. The molecular weight excluding hydrogens is 240 g/mol. The number of hydrogen-bond donors (Lipinski definition) is 1. The molecule has 0 saturated heterocycles. The molecule has 5 nitrogen and oxygen atoms in total. The van der Waals surface area contributed by atoms with Gasteiger partial charge in [0.1, 0.15) is 5.60 Å². The van der Waals surface area contributed by atoms with Crippen molar-refractivity contribution in [3.63, 3.8) is 0 Å². The summed E-state index contributed by atoms with van der Waals surface area (Å²) in [6.45, 7) is 6.54. The van der Waals surface area contributed by atoms with Crippen molar-refractivity contribution in [1.29, 1.82) is 0 Å². The van der Waals surface area contributed by atoms with Crippen molar-refractivity contribution >= 4 is 23.0 Å². The average Bonchev–Trinajstić information content (AvgIpc) is 2.25. The van der Waals surface area contributed by atoms with Crippen molar-refractivity contribution in [2.45, 2.75) is 26.4 Å². The quantitative estimate of drug-likeness (QED) is 0.777. The Bertz CT molecular complexity index is 312. The summed E-state index contributed by atoms with van der Waals surface area (Å²) in [6.07, 6.45) is 1.47. The van der Waals surface area contributed by atoms with Crippen LogP contribution >= 0.6 is 11.8 Å². The van der Waals surface area contributed by atoms with E-state index in [1.165, 1.54) is 16.7 Å². The molecule has 1 unspecified atom stereocenters. The summed E-state index contributed by atoms with van der Waals surface area (Å²) in [5.41, 5.74) is -0.521. The Morgan fingerprint density at radius 1 is 1.65 bits per heavy atom. The number of rotatable bonds is 1. The number of amidine groups is 1. The summed E-state index contributed by atoms with van der Waals surface area (Å²) >= 11 is 1.41. The Labute approximate surface area is 106 Å². The molecule has 0 saturated carbocycles. The fraction of sp³-hybridized carbons (Fsp3) is 0.818. The second kappa shape index (κ2) is 5.73. The van der Waals surface area contributed by atoms with Gasteiger partial charge in [-0.3, -0.25) is 9.89 Å². The van der Waals surface area contributed by atoms with Crippen molar-refractivity contribution in [3.8, 4) is 0 Å². The summed E-state index contributed by atoms with van der Waals surface area (Å²) in [4.78, 5) is 17.8. The van der Waals surface area contributed by atoms with Crippen LogP contribution in [0.4, 0.5) is 4.79 Å². The minimum absolute atomic E-state index is 0.00146. The van der Waals surface area contributed by atoms with E-state index in [2.05, 4.69) is 4.99 Å². The van der Waals surface area contributed by atoms with Gasteiger partial charge in [0, 0.05) is 25.6 Å². The van der Waals surface area contributed by atoms with E-state index in [4.69, 9.17) is 9.84 Å². The van der Waals surface area contributed by atoms with Gasteiger partial charge in [-0.25, -0.2) is 4.79 Å². The third kappa shape index (κ3) is 4.20. The number of amides is 1. The van der Waals surface area contributed by atoms with Crippen LogP contribution in [0.1, 0.15) is 20.8 Å². The van der Waals surface area contributed by atoms with Crippen LogP contribution in [-0.2, 0) is 4.74 Å². The van der Waals surface area contributed by atoms with E-state index in [1.807, 2.05) is 27.0 Å². The van der Waals surface area contributed by atoms with Gasteiger partial charge in [-0.15, -0.1) is 0 Å². The van der Waals surface area contributed by atoms with Crippen LogP contribution in [0.15, 0.2) is 4.99 Å². The second-order valence-electron chi connectivity index (χ2n) is 4.97. The second-order valence-corrected chi connectivity index (χ2v) is 5.74. The Morgan fingerprint density at radius 3 is 2.76 bits per heavy atom. The van der Waals surface area contributed by atoms with Crippen molar-refractivity contribution < 1.29 is 14.6 Å². The first-order valence-corrected chi connectivity index (χ1v) is 6.79. The maximum absolute atomic E-state index is 12.0. The third-order valence-electron chi connectivity index (χ3n) is 2.21. The molecule has 98 valence electrons. The van der Waals surface area contributed by atoms with E-state index in [0.717, 1.165) is 0 Å². The zero-order chi connectivity index (χ0) is 13.1. The number of hydrogen-bond acceptors (Lipinski definition) is 5. The predicted octanol–water partition coefficient (Wildman–Crippen LogP) is 1.56. The lowest BCUT2D eigenvalue weighted by Gasteiger charge is -2.32. The van der Waals surface area contributed by atoms with Gasteiger partial charge in [0.05, 0.1) is 0 Å². The first kappa shape index (κ1) is 14.3. The van der Waals surface area contributed by atoms with Crippen LogP contribution < -0.4 is 0 Å².